The van der Waals surface area contributed by atoms with Crippen molar-refractivity contribution in [1.82, 2.24) is 29.3 Å². The van der Waals surface area contributed by atoms with Crippen molar-refractivity contribution in [2.24, 2.45) is 0 Å². The molecule has 0 aromatic carbocycles. The number of hydrogen-bond donors (Lipinski definition) is 1. The Hall–Kier alpha value is -2.25. The van der Waals surface area contributed by atoms with Crippen LogP contribution in [-0.2, 0) is 12.1 Å². The average molecular weight is 340 g/mol. The molecule has 3 aromatic heterocycles. The summed E-state index contributed by atoms with van der Waals surface area (Å²) in [6.45, 7) is 6.34. The highest BCUT2D eigenvalue weighted by Crippen LogP contribution is 2.31. The van der Waals surface area contributed by atoms with E-state index < -0.39 is 5.60 Å². The van der Waals surface area contributed by atoms with Crippen LogP contribution in [0.25, 0.3) is 5.65 Å². The SMILES string of the molecule is CC(C)n1cc([C@]2(O)CCCN(Cc3cn4ccccc4n3)C2)nn1. The number of imidazole rings is 1. The number of fused-ring (bicyclic) bond motifs is 1. The largest absolute Gasteiger partial charge is 0.382 e. The third-order valence-electron chi connectivity index (χ3n) is 4.87. The molecule has 0 radical (unpaired) electrons. The van der Waals surface area contributed by atoms with Gasteiger partial charge in [0.05, 0.1) is 11.9 Å². The highest BCUT2D eigenvalue weighted by Gasteiger charge is 2.37. The van der Waals surface area contributed by atoms with Gasteiger partial charge in [-0.15, -0.1) is 5.10 Å². The quantitative estimate of drug-likeness (QED) is 0.786. The fourth-order valence-electron chi connectivity index (χ4n) is 3.50. The number of likely N-dealkylation sites (tertiary alicyclic amines) is 1. The summed E-state index contributed by atoms with van der Waals surface area (Å²) >= 11 is 0. The van der Waals surface area contributed by atoms with Crippen molar-refractivity contribution in [1.29, 1.82) is 0 Å². The second-order valence-electron chi connectivity index (χ2n) is 7.22. The summed E-state index contributed by atoms with van der Waals surface area (Å²) < 4.78 is 3.83. The maximum Gasteiger partial charge on any atom is 0.137 e. The van der Waals surface area contributed by atoms with Crippen LogP contribution in [0.5, 0.6) is 0 Å². The Morgan fingerprint density at radius 1 is 1.28 bits per heavy atom. The minimum Gasteiger partial charge on any atom is -0.382 e. The topological polar surface area (TPSA) is 71.5 Å². The Labute approximate surface area is 146 Å². The van der Waals surface area contributed by atoms with Gasteiger partial charge in [-0.05, 0) is 45.4 Å². The van der Waals surface area contributed by atoms with Gasteiger partial charge in [0.2, 0.25) is 0 Å². The van der Waals surface area contributed by atoms with Gasteiger partial charge in [-0.1, -0.05) is 11.3 Å². The molecule has 1 aliphatic rings. The molecule has 4 heterocycles. The summed E-state index contributed by atoms with van der Waals surface area (Å²) in [6, 6.07) is 6.22. The molecule has 7 nitrogen and oxygen atoms in total. The lowest BCUT2D eigenvalue weighted by molar-refractivity contribution is -0.0417. The monoisotopic (exact) mass is 340 g/mol. The van der Waals surface area contributed by atoms with E-state index in [1.165, 1.54) is 0 Å². The van der Waals surface area contributed by atoms with Crippen molar-refractivity contribution >= 4 is 5.65 Å². The number of piperidine rings is 1. The fourth-order valence-corrected chi connectivity index (χ4v) is 3.50. The molecule has 0 bridgehead atoms. The second-order valence-corrected chi connectivity index (χ2v) is 7.22. The van der Waals surface area contributed by atoms with E-state index in [1.54, 1.807) is 4.68 Å². The molecule has 1 aliphatic heterocycles. The van der Waals surface area contributed by atoms with E-state index in [0.717, 1.165) is 30.9 Å². The zero-order chi connectivity index (χ0) is 17.4. The van der Waals surface area contributed by atoms with E-state index in [-0.39, 0.29) is 6.04 Å². The summed E-state index contributed by atoms with van der Waals surface area (Å²) in [7, 11) is 0. The van der Waals surface area contributed by atoms with E-state index in [9.17, 15) is 5.11 Å². The molecule has 3 aromatic rings. The Bertz CT molecular complexity index is 836. The van der Waals surface area contributed by atoms with Gasteiger partial charge >= 0.3 is 0 Å². The third-order valence-corrected chi connectivity index (χ3v) is 4.87. The summed E-state index contributed by atoms with van der Waals surface area (Å²) in [6.07, 6.45) is 7.57. The van der Waals surface area contributed by atoms with Crippen LogP contribution in [0.2, 0.25) is 0 Å². The second kappa shape index (κ2) is 6.24. The Morgan fingerprint density at radius 3 is 2.92 bits per heavy atom. The maximum atomic E-state index is 11.1. The van der Waals surface area contributed by atoms with Crippen LogP contribution in [0.4, 0.5) is 0 Å². The molecule has 132 valence electrons. The van der Waals surface area contributed by atoms with Crippen molar-refractivity contribution < 1.29 is 5.11 Å². The van der Waals surface area contributed by atoms with E-state index >= 15 is 0 Å². The molecule has 0 aliphatic carbocycles. The van der Waals surface area contributed by atoms with Crippen molar-refractivity contribution in [3.05, 3.63) is 48.2 Å². The van der Waals surface area contributed by atoms with Gasteiger partial charge in [-0.3, -0.25) is 4.90 Å². The molecular weight excluding hydrogens is 316 g/mol. The summed E-state index contributed by atoms with van der Waals surface area (Å²) in [5.41, 5.74) is 1.69. The van der Waals surface area contributed by atoms with Crippen LogP contribution in [0.1, 0.15) is 44.1 Å². The molecule has 1 fully saturated rings. The smallest absolute Gasteiger partial charge is 0.137 e. The molecule has 1 atom stereocenters. The minimum atomic E-state index is -0.940. The first-order valence-electron chi connectivity index (χ1n) is 8.83. The van der Waals surface area contributed by atoms with E-state index in [2.05, 4.69) is 40.2 Å². The first kappa shape index (κ1) is 16.2. The minimum absolute atomic E-state index is 0.238. The van der Waals surface area contributed by atoms with Crippen molar-refractivity contribution in [3.63, 3.8) is 0 Å². The Morgan fingerprint density at radius 2 is 2.16 bits per heavy atom. The maximum absolute atomic E-state index is 11.1. The van der Waals surface area contributed by atoms with Crippen LogP contribution in [0.15, 0.2) is 36.8 Å². The fraction of sp³-hybridized carbons (Fsp3) is 0.500. The number of nitrogens with zero attached hydrogens (tertiary/aromatic N) is 6. The molecule has 1 saturated heterocycles. The Balaban J connectivity index is 1.51. The Kier molecular flexibility index (Phi) is 4.05. The number of pyridine rings is 1. The van der Waals surface area contributed by atoms with Crippen LogP contribution in [0, 0.1) is 0 Å². The van der Waals surface area contributed by atoms with Gasteiger partial charge in [0.25, 0.3) is 0 Å². The van der Waals surface area contributed by atoms with E-state index in [1.807, 2.05) is 35.0 Å². The number of β-amino-alcohol motifs (C(OH)–C–C–N with tert-alkyl or cyclic N) is 1. The molecule has 0 saturated carbocycles. The standard InChI is InChI=1S/C18H24N6O/c1-14(2)24-12-16(20-21-24)18(25)7-5-8-22(13-18)10-15-11-23-9-4-3-6-17(23)19-15/h3-4,6,9,11-12,14,25H,5,7-8,10,13H2,1-2H3/t18-/m0/s1. The first-order valence-corrected chi connectivity index (χ1v) is 8.83. The highest BCUT2D eigenvalue weighted by atomic mass is 16.3. The van der Waals surface area contributed by atoms with Gasteiger partial charge < -0.3 is 9.51 Å². The number of aliphatic hydroxyl groups is 1. The van der Waals surface area contributed by atoms with E-state index in [0.29, 0.717) is 18.7 Å². The zero-order valence-electron chi connectivity index (χ0n) is 14.7. The lowest BCUT2D eigenvalue weighted by Crippen LogP contribution is -2.46. The van der Waals surface area contributed by atoms with Crippen molar-refractivity contribution in [2.75, 3.05) is 13.1 Å². The molecule has 25 heavy (non-hydrogen) atoms. The molecule has 1 N–H and O–H groups in total. The molecule has 0 spiro atoms. The summed E-state index contributed by atoms with van der Waals surface area (Å²) in [5.74, 6) is 0. The summed E-state index contributed by atoms with van der Waals surface area (Å²) in [5, 5.41) is 19.5. The van der Waals surface area contributed by atoms with Gasteiger partial charge in [0.15, 0.2) is 0 Å². The van der Waals surface area contributed by atoms with Gasteiger partial charge in [0, 0.05) is 31.5 Å². The van der Waals surface area contributed by atoms with Crippen LogP contribution < -0.4 is 0 Å². The van der Waals surface area contributed by atoms with Crippen molar-refractivity contribution in [2.45, 2.75) is 44.9 Å². The molecular formula is C18H24N6O. The van der Waals surface area contributed by atoms with Crippen molar-refractivity contribution in [3.8, 4) is 0 Å². The van der Waals surface area contributed by atoms with E-state index in [4.69, 9.17) is 0 Å². The van der Waals surface area contributed by atoms with Gasteiger partial charge in [0.1, 0.15) is 16.9 Å². The van der Waals surface area contributed by atoms with Gasteiger partial charge in [-0.2, -0.15) is 0 Å². The predicted octanol–water partition coefficient (Wildman–Crippen LogP) is 1.99. The molecule has 4 rings (SSSR count). The third kappa shape index (κ3) is 3.17. The molecule has 0 unspecified atom stereocenters. The normalized spacial score (nSPS) is 22.1. The summed E-state index contributed by atoms with van der Waals surface area (Å²) in [4.78, 5) is 6.91. The predicted molar refractivity (Wildman–Crippen MR) is 94.0 cm³/mol. The number of rotatable bonds is 4. The number of aromatic nitrogens is 5. The van der Waals surface area contributed by atoms with Crippen LogP contribution in [-0.4, -0.2) is 47.5 Å². The molecule has 0 amide bonds. The lowest BCUT2D eigenvalue weighted by atomic mass is 9.90. The first-order chi connectivity index (χ1) is 12.0. The lowest BCUT2D eigenvalue weighted by Gasteiger charge is -2.37. The van der Waals surface area contributed by atoms with Crippen LogP contribution >= 0.6 is 0 Å². The average Bonchev–Trinajstić information content (AvgIpc) is 3.22. The van der Waals surface area contributed by atoms with Gasteiger partial charge in [-0.25, -0.2) is 9.67 Å². The molecule has 7 heteroatoms. The number of hydrogen-bond acceptors (Lipinski definition) is 5. The van der Waals surface area contributed by atoms with Crippen LogP contribution in [0.3, 0.4) is 0 Å². The zero-order valence-corrected chi connectivity index (χ0v) is 14.7. The highest BCUT2D eigenvalue weighted by molar-refractivity contribution is 5.39.